The molecule has 1 saturated heterocycles. The second kappa shape index (κ2) is 8.50. The number of carbonyl (C=O) groups is 1. The summed E-state index contributed by atoms with van der Waals surface area (Å²) in [6.45, 7) is 2.59. The summed E-state index contributed by atoms with van der Waals surface area (Å²) in [5.41, 5.74) is 4.22. The van der Waals surface area contributed by atoms with E-state index in [2.05, 4.69) is 15.4 Å². The van der Waals surface area contributed by atoms with Crippen LogP contribution in [0, 0.1) is 5.82 Å². The van der Waals surface area contributed by atoms with Crippen LogP contribution in [0.4, 0.5) is 4.39 Å². The fourth-order valence-electron chi connectivity index (χ4n) is 2.78. The van der Waals surface area contributed by atoms with Crippen molar-refractivity contribution in [3.05, 3.63) is 71.5 Å². The zero-order valence-electron chi connectivity index (χ0n) is 13.8. The van der Waals surface area contributed by atoms with Gasteiger partial charge in [0.2, 0.25) is 0 Å². The lowest BCUT2D eigenvalue weighted by atomic mass is 10.0. The molecule has 1 aliphatic rings. The Bertz CT molecular complexity index is 713. The number of hydrazone groups is 1. The molecular weight excluding hydrogens is 321 g/mol. The van der Waals surface area contributed by atoms with Gasteiger partial charge in [-0.05, 0) is 23.3 Å². The van der Waals surface area contributed by atoms with Crippen LogP contribution in [0.15, 0.2) is 59.7 Å². The van der Waals surface area contributed by atoms with E-state index in [-0.39, 0.29) is 11.7 Å². The number of morpholine rings is 1. The largest absolute Gasteiger partial charge is 0.379 e. The summed E-state index contributed by atoms with van der Waals surface area (Å²) in [6.07, 6.45) is 1.50. The van der Waals surface area contributed by atoms with E-state index in [0.29, 0.717) is 31.9 Å². The molecule has 3 rings (SSSR count). The van der Waals surface area contributed by atoms with E-state index >= 15 is 0 Å². The van der Waals surface area contributed by atoms with Crippen LogP contribution in [0.3, 0.4) is 0 Å². The van der Waals surface area contributed by atoms with Crippen LogP contribution in [-0.2, 0) is 9.53 Å². The van der Waals surface area contributed by atoms with Crippen molar-refractivity contribution in [1.82, 2.24) is 10.3 Å². The van der Waals surface area contributed by atoms with Gasteiger partial charge < -0.3 is 4.74 Å². The molecule has 5 nitrogen and oxygen atoms in total. The van der Waals surface area contributed by atoms with Crippen molar-refractivity contribution >= 4 is 12.1 Å². The summed E-state index contributed by atoms with van der Waals surface area (Å²) in [5, 5.41) is 4.01. The van der Waals surface area contributed by atoms with E-state index in [1.165, 1.54) is 18.3 Å². The van der Waals surface area contributed by atoms with Gasteiger partial charge in [0.25, 0.3) is 5.91 Å². The first-order valence-electron chi connectivity index (χ1n) is 8.19. The average molecular weight is 341 g/mol. The molecule has 6 heteroatoms. The number of carbonyl (C=O) groups excluding carboxylic acids is 1. The highest BCUT2D eigenvalue weighted by atomic mass is 19.1. The predicted molar refractivity (Wildman–Crippen MR) is 93.7 cm³/mol. The number of nitrogens with one attached hydrogen (secondary N) is 1. The van der Waals surface area contributed by atoms with Crippen LogP contribution >= 0.6 is 0 Å². The molecule has 0 aliphatic carbocycles. The molecule has 2 aromatic rings. The van der Waals surface area contributed by atoms with E-state index in [4.69, 9.17) is 4.74 Å². The first-order valence-corrected chi connectivity index (χ1v) is 8.19. The first-order chi connectivity index (χ1) is 12.2. The van der Waals surface area contributed by atoms with Gasteiger partial charge >= 0.3 is 0 Å². The Labute approximate surface area is 146 Å². The lowest BCUT2D eigenvalue weighted by Gasteiger charge is -2.33. The smallest absolute Gasteiger partial charge is 0.262 e. The van der Waals surface area contributed by atoms with Crippen LogP contribution in [-0.4, -0.2) is 43.3 Å². The topological polar surface area (TPSA) is 53.9 Å². The average Bonchev–Trinajstić information content (AvgIpc) is 2.65. The number of hydrogen-bond donors (Lipinski definition) is 1. The molecule has 25 heavy (non-hydrogen) atoms. The summed E-state index contributed by atoms with van der Waals surface area (Å²) < 4.78 is 18.3. The third-order valence-corrected chi connectivity index (χ3v) is 4.03. The van der Waals surface area contributed by atoms with Crippen LogP contribution in [0.2, 0.25) is 0 Å². The molecule has 1 N–H and O–H groups in total. The zero-order chi connectivity index (χ0) is 17.5. The van der Waals surface area contributed by atoms with E-state index in [9.17, 15) is 9.18 Å². The highest BCUT2D eigenvalue weighted by molar-refractivity contribution is 5.85. The maximum absolute atomic E-state index is 12.9. The van der Waals surface area contributed by atoms with Crippen LogP contribution < -0.4 is 5.43 Å². The molecule has 0 spiro atoms. The van der Waals surface area contributed by atoms with Crippen molar-refractivity contribution in [2.45, 2.75) is 6.04 Å². The number of nitrogens with zero attached hydrogens (tertiary/aromatic N) is 2. The van der Waals surface area contributed by atoms with Gasteiger partial charge in [-0.15, -0.1) is 0 Å². The second-order valence-electron chi connectivity index (χ2n) is 5.75. The van der Waals surface area contributed by atoms with Gasteiger partial charge in [-0.2, -0.15) is 5.10 Å². The third-order valence-electron chi connectivity index (χ3n) is 4.03. The Morgan fingerprint density at radius 2 is 1.80 bits per heavy atom. The molecule has 1 aliphatic heterocycles. The van der Waals surface area contributed by atoms with Crippen molar-refractivity contribution in [2.75, 3.05) is 26.3 Å². The number of amides is 1. The molecule has 130 valence electrons. The molecule has 1 fully saturated rings. The maximum atomic E-state index is 12.9. The van der Waals surface area contributed by atoms with Crippen LogP contribution in [0.1, 0.15) is 17.2 Å². The zero-order valence-corrected chi connectivity index (χ0v) is 13.8. The lowest BCUT2D eigenvalue weighted by molar-refractivity contribution is -0.128. The minimum Gasteiger partial charge on any atom is -0.379 e. The monoisotopic (exact) mass is 341 g/mol. The Kier molecular flexibility index (Phi) is 5.87. The Morgan fingerprint density at radius 3 is 2.48 bits per heavy atom. The van der Waals surface area contributed by atoms with Crippen molar-refractivity contribution < 1.29 is 13.9 Å². The molecule has 1 unspecified atom stereocenters. The molecule has 0 bridgehead atoms. The Morgan fingerprint density at radius 1 is 1.12 bits per heavy atom. The summed E-state index contributed by atoms with van der Waals surface area (Å²) in [4.78, 5) is 14.8. The van der Waals surface area contributed by atoms with Crippen molar-refractivity contribution in [3.8, 4) is 0 Å². The highest BCUT2D eigenvalue weighted by Crippen LogP contribution is 2.22. The molecular formula is C19H20FN3O2. The molecule has 0 aromatic heterocycles. The summed E-state index contributed by atoms with van der Waals surface area (Å²) >= 11 is 0. The molecule has 0 saturated carbocycles. The van der Waals surface area contributed by atoms with E-state index in [1.54, 1.807) is 12.1 Å². The lowest BCUT2D eigenvalue weighted by Crippen LogP contribution is -2.44. The van der Waals surface area contributed by atoms with Gasteiger partial charge in [-0.3, -0.25) is 9.69 Å². The van der Waals surface area contributed by atoms with Gasteiger partial charge in [0, 0.05) is 13.1 Å². The van der Waals surface area contributed by atoms with Crippen LogP contribution in [0.25, 0.3) is 0 Å². The van der Waals surface area contributed by atoms with E-state index < -0.39 is 6.04 Å². The van der Waals surface area contributed by atoms with E-state index in [1.807, 2.05) is 30.3 Å². The number of halogens is 1. The normalized spacial score (nSPS) is 16.7. The summed E-state index contributed by atoms with van der Waals surface area (Å²) in [6, 6.07) is 15.1. The molecule has 1 heterocycles. The summed E-state index contributed by atoms with van der Waals surface area (Å²) in [7, 11) is 0. The maximum Gasteiger partial charge on any atom is 0.262 e. The van der Waals surface area contributed by atoms with Crippen molar-refractivity contribution in [1.29, 1.82) is 0 Å². The predicted octanol–water partition coefficient (Wildman–Crippen LogP) is 2.35. The van der Waals surface area contributed by atoms with Crippen molar-refractivity contribution in [3.63, 3.8) is 0 Å². The SMILES string of the molecule is O=C(NN=Cc1ccc(F)cc1)C(c1ccccc1)N1CCOCC1. The van der Waals surface area contributed by atoms with Crippen LogP contribution in [0.5, 0.6) is 0 Å². The van der Waals surface area contributed by atoms with Gasteiger partial charge in [0.15, 0.2) is 0 Å². The van der Waals surface area contributed by atoms with Crippen molar-refractivity contribution in [2.24, 2.45) is 5.10 Å². The first kappa shape index (κ1) is 17.3. The molecule has 1 amide bonds. The van der Waals surface area contributed by atoms with Gasteiger partial charge in [-0.25, -0.2) is 9.82 Å². The van der Waals surface area contributed by atoms with Gasteiger partial charge in [-0.1, -0.05) is 42.5 Å². The van der Waals surface area contributed by atoms with Gasteiger partial charge in [0.05, 0.1) is 19.4 Å². The molecule has 2 aromatic carbocycles. The Balaban J connectivity index is 1.71. The second-order valence-corrected chi connectivity index (χ2v) is 5.75. The number of rotatable bonds is 5. The standard InChI is InChI=1S/C19H20FN3O2/c20-17-8-6-15(7-9-17)14-21-22-19(24)18(16-4-2-1-3-5-16)23-10-12-25-13-11-23/h1-9,14,18H,10-13H2,(H,22,24). The fraction of sp³-hybridized carbons (Fsp3) is 0.263. The highest BCUT2D eigenvalue weighted by Gasteiger charge is 2.28. The Hall–Kier alpha value is -2.57. The van der Waals surface area contributed by atoms with E-state index in [0.717, 1.165) is 5.56 Å². The summed E-state index contributed by atoms with van der Waals surface area (Å²) in [5.74, 6) is -0.510. The number of ether oxygens (including phenoxy) is 1. The third kappa shape index (κ3) is 4.71. The quantitative estimate of drug-likeness (QED) is 0.671. The minimum absolute atomic E-state index is 0.202. The molecule has 1 atom stereocenters. The molecule has 0 radical (unpaired) electrons. The number of benzene rings is 2. The number of hydrogen-bond acceptors (Lipinski definition) is 4. The fourth-order valence-corrected chi connectivity index (χ4v) is 2.78. The minimum atomic E-state index is -0.421. The van der Waals surface area contributed by atoms with Gasteiger partial charge in [0.1, 0.15) is 11.9 Å².